The zero-order valence-electron chi connectivity index (χ0n) is 16.7. The maximum atomic E-state index is 6.41. The van der Waals surface area contributed by atoms with E-state index in [0.29, 0.717) is 28.2 Å². The van der Waals surface area contributed by atoms with E-state index in [4.69, 9.17) is 44.9 Å². The molecule has 1 N–H and O–H groups in total. The number of hydrogen-bond donors (Lipinski definition) is 1. The number of methoxy groups -OCH3 is 2. The summed E-state index contributed by atoms with van der Waals surface area (Å²) in [6, 6.07) is 21.0. The molecule has 0 atom stereocenters. The minimum absolute atomic E-state index is 0.526. The summed E-state index contributed by atoms with van der Waals surface area (Å²) in [5.74, 6) is 1.56. The van der Waals surface area contributed by atoms with Crippen molar-refractivity contribution in [3.05, 3.63) is 87.9 Å². The Labute approximate surface area is 192 Å². The third kappa shape index (κ3) is 6.02. The third-order valence-corrected chi connectivity index (χ3v) is 5.46. The molecule has 0 aliphatic heterocycles. The SMILES string of the molecule is COc1ccc(CN(Cc2ccc(Cl)cc2Cl)C(=S)Nc2cccc(OC)c2)cc1. The number of nitrogens with one attached hydrogen (secondary N) is 1. The highest BCUT2D eigenvalue weighted by Gasteiger charge is 2.14. The van der Waals surface area contributed by atoms with E-state index in [1.807, 2.05) is 65.6 Å². The van der Waals surface area contributed by atoms with E-state index in [2.05, 4.69) is 5.32 Å². The maximum Gasteiger partial charge on any atom is 0.174 e. The highest BCUT2D eigenvalue weighted by molar-refractivity contribution is 7.80. The van der Waals surface area contributed by atoms with Gasteiger partial charge in [0.15, 0.2) is 5.11 Å². The quantitative estimate of drug-likeness (QED) is 0.411. The molecule has 0 unspecified atom stereocenters. The number of benzene rings is 3. The second kappa shape index (κ2) is 10.5. The number of anilines is 1. The lowest BCUT2D eigenvalue weighted by Crippen LogP contribution is -2.34. The molecule has 7 heteroatoms. The molecule has 0 amide bonds. The van der Waals surface area contributed by atoms with Crippen molar-refractivity contribution in [2.75, 3.05) is 19.5 Å². The Morgan fingerprint density at radius 2 is 1.63 bits per heavy atom. The third-order valence-electron chi connectivity index (χ3n) is 4.52. The van der Waals surface area contributed by atoms with Crippen LogP contribution in [0.15, 0.2) is 66.7 Å². The van der Waals surface area contributed by atoms with Gasteiger partial charge in [-0.2, -0.15) is 0 Å². The van der Waals surface area contributed by atoms with Gasteiger partial charge < -0.3 is 19.7 Å². The summed E-state index contributed by atoms with van der Waals surface area (Å²) in [7, 11) is 3.28. The summed E-state index contributed by atoms with van der Waals surface area (Å²) in [6.07, 6.45) is 0. The lowest BCUT2D eigenvalue weighted by Gasteiger charge is -2.27. The number of thiocarbonyl (C=S) groups is 1. The molecule has 0 aromatic heterocycles. The Bertz CT molecular complexity index is 1010. The van der Waals surface area contributed by atoms with Crippen LogP contribution in [0, 0.1) is 0 Å². The summed E-state index contributed by atoms with van der Waals surface area (Å²) < 4.78 is 10.5. The van der Waals surface area contributed by atoms with E-state index in [1.165, 1.54) is 0 Å². The zero-order chi connectivity index (χ0) is 21.5. The molecule has 0 aliphatic carbocycles. The lowest BCUT2D eigenvalue weighted by molar-refractivity contribution is 0.407. The van der Waals surface area contributed by atoms with Gasteiger partial charge in [-0.1, -0.05) is 47.5 Å². The van der Waals surface area contributed by atoms with Gasteiger partial charge in [0.1, 0.15) is 11.5 Å². The van der Waals surface area contributed by atoms with Crippen molar-refractivity contribution < 1.29 is 9.47 Å². The van der Waals surface area contributed by atoms with Crippen molar-refractivity contribution in [1.82, 2.24) is 4.90 Å². The summed E-state index contributed by atoms with van der Waals surface area (Å²) in [6.45, 7) is 1.12. The smallest absolute Gasteiger partial charge is 0.174 e. The molecule has 0 heterocycles. The number of halogens is 2. The molecule has 4 nitrogen and oxygen atoms in total. The fourth-order valence-electron chi connectivity index (χ4n) is 2.91. The van der Waals surface area contributed by atoms with Gasteiger partial charge in [0.25, 0.3) is 0 Å². The second-order valence-electron chi connectivity index (χ2n) is 6.60. The van der Waals surface area contributed by atoms with E-state index in [9.17, 15) is 0 Å². The summed E-state index contributed by atoms with van der Waals surface area (Å²) in [4.78, 5) is 2.05. The first kappa shape index (κ1) is 22.2. The van der Waals surface area contributed by atoms with Crippen LogP contribution in [0.5, 0.6) is 11.5 Å². The van der Waals surface area contributed by atoms with E-state index >= 15 is 0 Å². The molecule has 3 rings (SSSR count). The Morgan fingerprint density at radius 3 is 2.30 bits per heavy atom. The van der Waals surface area contributed by atoms with Gasteiger partial charge in [0.05, 0.1) is 14.2 Å². The monoisotopic (exact) mass is 460 g/mol. The van der Waals surface area contributed by atoms with Crippen molar-refractivity contribution in [1.29, 1.82) is 0 Å². The first-order valence-corrected chi connectivity index (χ1v) is 10.4. The molecule has 0 fully saturated rings. The van der Waals surface area contributed by atoms with Crippen LogP contribution in [0.4, 0.5) is 5.69 Å². The van der Waals surface area contributed by atoms with Crippen LogP contribution >= 0.6 is 35.4 Å². The Hall–Kier alpha value is -2.47. The molecule has 3 aromatic rings. The fraction of sp³-hybridized carbons (Fsp3) is 0.174. The first-order chi connectivity index (χ1) is 14.5. The number of nitrogens with zero attached hydrogens (tertiary/aromatic N) is 1. The van der Waals surface area contributed by atoms with Crippen LogP contribution in [0.3, 0.4) is 0 Å². The van der Waals surface area contributed by atoms with Crippen LogP contribution in [0.2, 0.25) is 10.0 Å². The first-order valence-electron chi connectivity index (χ1n) is 9.25. The van der Waals surface area contributed by atoms with Gasteiger partial charge in [0.2, 0.25) is 0 Å². The number of ether oxygens (including phenoxy) is 2. The van der Waals surface area contributed by atoms with Gasteiger partial charge in [-0.3, -0.25) is 0 Å². The highest BCUT2D eigenvalue weighted by Crippen LogP contribution is 2.24. The minimum atomic E-state index is 0.526. The number of rotatable bonds is 7. The van der Waals surface area contributed by atoms with Crippen LogP contribution in [-0.4, -0.2) is 24.2 Å². The molecule has 30 heavy (non-hydrogen) atoms. The Balaban J connectivity index is 1.83. The van der Waals surface area contributed by atoms with Crippen LogP contribution in [-0.2, 0) is 13.1 Å². The molecule has 0 aliphatic rings. The van der Waals surface area contributed by atoms with Crippen molar-refractivity contribution in [2.24, 2.45) is 0 Å². The molecule has 0 bridgehead atoms. The van der Waals surface area contributed by atoms with Crippen molar-refractivity contribution in [3.63, 3.8) is 0 Å². The molecule has 156 valence electrons. The number of hydrogen-bond acceptors (Lipinski definition) is 3. The minimum Gasteiger partial charge on any atom is -0.497 e. The van der Waals surface area contributed by atoms with E-state index in [-0.39, 0.29) is 0 Å². The van der Waals surface area contributed by atoms with Gasteiger partial charge in [-0.25, -0.2) is 0 Å². The van der Waals surface area contributed by atoms with E-state index in [0.717, 1.165) is 28.3 Å². The molecular weight excluding hydrogens is 439 g/mol. The van der Waals surface area contributed by atoms with Crippen molar-refractivity contribution >= 4 is 46.2 Å². The van der Waals surface area contributed by atoms with Crippen molar-refractivity contribution in [2.45, 2.75) is 13.1 Å². The molecule has 0 saturated carbocycles. The van der Waals surface area contributed by atoms with Gasteiger partial charge in [0, 0.05) is 34.9 Å². The van der Waals surface area contributed by atoms with Gasteiger partial charge in [-0.05, 0) is 59.7 Å². The van der Waals surface area contributed by atoms with Crippen LogP contribution in [0.25, 0.3) is 0 Å². The topological polar surface area (TPSA) is 33.7 Å². The van der Waals surface area contributed by atoms with Crippen molar-refractivity contribution in [3.8, 4) is 11.5 Å². The fourth-order valence-corrected chi connectivity index (χ4v) is 3.62. The standard InChI is InChI=1S/C23H22Cl2N2O2S/c1-28-20-10-6-16(7-11-20)14-27(15-17-8-9-18(24)12-22(17)25)23(30)26-19-4-3-5-21(13-19)29-2/h3-13H,14-15H2,1-2H3,(H,26,30). The molecule has 0 spiro atoms. The van der Waals surface area contributed by atoms with Gasteiger partial charge in [-0.15, -0.1) is 0 Å². The Kier molecular flexibility index (Phi) is 7.80. The molecular formula is C23H22Cl2N2O2S. The lowest BCUT2D eigenvalue weighted by atomic mass is 10.1. The maximum absolute atomic E-state index is 6.41. The zero-order valence-corrected chi connectivity index (χ0v) is 19.0. The molecule has 3 aromatic carbocycles. The predicted octanol–water partition coefficient (Wildman–Crippen LogP) is 6.41. The largest absolute Gasteiger partial charge is 0.497 e. The van der Waals surface area contributed by atoms with E-state index < -0.39 is 0 Å². The van der Waals surface area contributed by atoms with E-state index in [1.54, 1.807) is 20.3 Å². The second-order valence-corrected chi connectivity index (χ2v) is 7.83. The molecule has 0 radical (unpaired) electrons. The average Bonchev–Trinajstić information content (AvgIpc) is 2.75. The summed E-state index contributed by atoms with van der Waals surface area (Å²) in [5.41, 5.74) is 2.88. The van der Waals surface area contributed by atoms with Crippen LogP contribution < -0.4 is 14.8 Å². The normalized spacial score (nSPS) is 10.4. The predicted molar refractivity (Wildman–Crippen MR) is 128 cm³/mol. The highest BCUT2D eigenvalue weighted by atomic mass is 35.5. The Morgan fingerprint density at radius 1 is 0.900 bits per heavy atom. The molecule has 0 saturated heterocycles. The summed E-state index contributed by atoms with van der Waals surface area (Å²) in [5, 5.41) is 5.07. The average molecular weight is 461 g/mol. The van der Waals surface area contributed by atoms with Crippen LogP contribution in [0.1, 0.15) is 11.1 Å². The summed E-state index contributed by atoms with van der Waals surface area (Å²) >= 11 is 18.2. The van der Waals surface area contributed by atoms with Gasteiger partial charge >= 0.3 is 0 Å².